The Morgan fingerprint density at radius 2 is 1.79 bits per heavy atom. The second kappa shape index (κ2) is 9.59. The van der Waals surface area contributed by atoms with Crippen LogP contribution in [0.2, 0.25) is 0 Å². The van der Waals surface area contributed by atoms with Crippen molar-refractivity contribution in [1.29, 1.82) is 0 Å². The van der Waals surface area contributed by atoms with Crippen molar-refractivity contribution >= 4 is 44.6 Å². The van der Waals surface area contributed by atoms with Crippen molar-refractivity contribution in [2.24, 2.45) is 0 Å². The van der Waals surface area contributed by atoms with Gasteiger partial charge in [0.15, 0.2) is 0 Å². The molecule has 3 aromatic carbocycles. The summed E-state index contributed by atoms with van der Waals surface area (Å²) in [7, 11) is -4.52. The number of carbonyl (C=O) groups excluding carboxylic acids is 2. The molecule has 4 aromatic rings. The molecule has 1 atom stereocenters. The van der Waals surface area contributed by atoms with E-state index in [9.17, 15) is 32.5 Å². The van der Waals surface area contributed by atoms with Crippen LogP contribution >= 0.6 is 11.8 Å². The third kappa shape index (κ3) is 4.62. The van der Waals surface area contributed by atoms with Crippen molar-refractivity contribution in [3.63, 3.8) is 0 Å². The van der Waals surface area contributed by atoms with Gasteiger partial charge in [-0.15, -0.1) is 11.8 Å². The highest BCUT2D eigenvalue weighted by Gasteiger charge is 2.35. The SMILES string of the molecule is Cc1nc2ccc(S(=O)(=O)O)cc2c(=O)n1-c1ccc(C(=O)NN2C(=O)CSC2c2ccccc2O)cc1. The molecule has 194 valence electrons. The Bertz CT molecular complexity index is 1770. The van der Waals surface area contributed by atoms with E-state index in [2.05, 4.69) is 10.4 Å². The van der Waals surface area contributed by atoms with Crippen LogP contribution in [-0.4, -0.2) is 50.2 Å². The number of nitrogens with one attached hydrogen (secondary N) is 1. The number of thioether (sulfide) groups is 1. The highest BCUT2D eigenvalue weighted by Crippen LogP contribution is 2.40. The van der Waals surface area contributed by atoms with E-state index >= 15 is 0 Å². The number of para-hydroxylation sites is 1. The van der Waals surface area contributed by atoms with Gasteiger partial charge in [0.1, 0.15) is 16.9 Å². The molecule has 13 heteroatoms. The van der Waals surface area contributed by atoms with Gasteiger partial charge in [-0.25, -0.2) is 9.99 Å². The zero-order chi connectivity index (χ0) is 27.2. The fourth-order valence-electron chi connectivity index (χ4n) is 4.15. The van der Waals surface area contributed by atoms with Crippen LogP contribution in [0.25, 0.3) is 16.6 Å². The topological polar surface area (TPSA) is 159 Å². The Kier molecular flexibility index (Phi) is 6.42. The molecule has 1 aliphatic rings. The van der Waals surface area contributed by atoms with E-state index < -0.39 is 31.9 Å². The first-order valence-corrected chi connectivity index (χ1v) is 13.7. The first kappa shape index (κ1) is 25.4. The van der Waals surface area contributed by atoms with Gasteiger partial charge in [-0.2, -0.15) is 8.42 Å². The number of aromatic hydroxyl groups is 1. The van der Waals surface area contributed by atoms with Gasteiger partial charge in [0, 0.05) is 11.1 Å². The van der Waals surface area contributed by atoms with Crippen molar-refractivity contribution in [1.82, 2.24) is 20.0 Å². The van der Waals surface area contributed by atoms with E-state index in [0.29, 0.717) is 17.1 Å². The van der Waals surface area contributed by atoms with E-state index in [1.165, 1.54) is 57.7 Å². The largest absolute Gasteiger partial charge is 0.508 e. The molecule has 2 amide bonds. The second-order valence-electron chi connectivity index (χ2n) is 8.43. The van der Waals surface area contributed by atoms with E-state index in [0.717, 1.165) is 12.1 Å². The first-order valence-electron chi connectivity index (χ1n) is 11.2. The molecule has 38 heavy (non-hydrogen) atoms. The number of carbonyl (C=O) groups is 2. The van der Waals surface area contributed by atoms with Gasteiger partial charge in [0.2, 0.25) is 0 Å². The monoisotopic (exact) mass is 552 g/mol. The standard InChI is InChI=1S/C25H20N4O7S2/c1-14-26-20-11-10-17(38(34,35)36)12-19(20)24(33)28(14)16-8-6-15(7-9-16)23(32)27-29-22(31)13-37-25(29)18-4-2-3-5-21(18)30/h2-12,25,30H,13H2,1H3,(H,27,32)(H,34,35,36). The van der Waals surface area contributed by atoms with Crippen LogP contribution in [0.3, 0.4) is 0 Å². The summed E-state index contributed by atoms with van der Waals surface area (Å²) in [5.74, 6) is -0.413. The van der Waals surface area contributed by atoms with Crippen molar-refractivity contribution in [3.05, 3.63) is 94.0 Å². The predicted octanol–water partition coefficient (Wildman–Crippen LogP) is 2.57. The van der Waals surface area contributed by atoms with Crippen molar-refractivity contribution < 1.29 is 27.7 Å². The third-order valence-corrected chi connectivity index (χ3v) is 8.03. The second-order valence-corrected chi connectivity index (χ2v) is 10.9. The third-order valence-electron chi connectivity index (χ3n) is 5.99. The average molecular weight is 553 g/mol. The average Bonchev–Trinajstić information content (AvgIpc) is 3.23. The molecular formula is C25H20N4O7S2. The smallest absolute Gasteiger partial charge is 0.294 e. The quantitative estimate of drug-likeness (QED) is 0.316. The van der Waals surface area contributed by atoms with Crippen LogP contribution < -0.4 is 11.0 Å². The molecule has 0 aliphatic carbocycles. The number of fused-ring (bicyclic) bond motifs is 1. The number of hydrogen-bond acceptors (Lipinski definition) is 8. The maximum atomic E-state index is 13.2. The maximum absolute atomic E-state index is 13.2. The molecule has 11 nitrogen and oxygen atoms in total. The Morgan fingerprint density at radius 1 is 1.08 bits per heavy atom. The highest BCUT2D eigenvalue weighted by atomic mass is 32.2. The maximum Gasteiger partial charge on any atom is 0.294 e. The summed E-state index contributed by atoms with van der Waals surface area (Å²) >= 11 is 1.27. The number of benzene rings is 3. The Balaban J connectivity index is 1.43. The minimum atomic E-state index is -4.52. The molecule has 1 aliphatic heterocycles. The van der Waals surface area contributed by atoms with E-state index in [1.54, 1.807) is 25.1 Å². The van der Waals surface area contributed by atoms with Crippen molar-refractivity contribution in [2.45, 2.75) is 17.2 Å². The molecule has 5 rings (SSSR count). The lowest BCUT2D eigenvalue weighted by molar-refractivity contribution is -0.130. The molecule has 3 N–H and O–H groups in total. The Labute approximate surface area is 220 Å². The first-order chi connectivity index (χ1) is 18.0. The van der Waals surface area contributed by atoms with Gasteiger partial charge in [-0.1, -0.05) is 18.2 Å². The molecule has 1 saturated heterocycles. The molecule has 1 unspecified atom stereocenters. The fraction of sp³-hybridized carbons (Fsp3) is 0.120. The van der Waals surface area contributed by atoms with Crippen LogP contribution in [0.4, 0.5) is 0 Å². The Hall–Kier alpha value is -4.20. The van der Waals surface area contributed by atoms with Gasteiger partial charge in [0.25, 0.3) is 27.5 Å². The molecule has 0 radical (unpaired) electrons. The van der Waals surface area contributed by atoms with Gasteiger partial charge < -0.3 is 5.11 Å². The minimum Gasteiger partial charge on any atom is -0.508 e. The minimum absolute atomic E-state index is 0.00667. The van der Waals surface area contributed by atoms with Gasteiger partial charge in [0.05, 0.1) is 27.2 Å². The summed E-state index contributed by atoms with van der Waals surface area (Å²) in [6.07, 6.45) is 0. The lowest BCUT2D eigenvalue weighted by atomic mass is 10.1. The van der Waals surface area contributed by atoms with Crippen LogP contribution in [0.15, 0.2) is 76.4 Å². The lowest BCUT2D eigenvalue weighted by Crippen LogP contribution is -2.44. The zero-order valence-corrected chi connectivity index (χ0v) is 21.4. The van der Waals surface area contributed by atoms with Crippen LogP contribution in [0.5, 0.6) is 5.75 Å². The van der Waals surface area contributed by atoms with Crippen molar-refractivity contribution in [3.8, 4) is 11.4 Å². The van der Waals surface area contributed by atoms with Gasteiger partial charge in [-0.05, 0) is 55.5 Å². The number of phenols is 1. The number of hydrazine groups is 1. The summed E-state index contributed by atoms with van der Waals surface area (Å²) in [6.45, 7) is 1.61. The number of aromatic nitrogens is 2. The number of amides is 2. The van der Waals surface area contributed by atoms with Gasteiger partial charge >= 0.3 is 0 Å². The number of nitrogens with zero attached hydrogens (tertiary/aromatic N) is 3. The van der Waals surface area contributed by atoms with Gasteiger partial charge in [-0.3, -0.25) is 28.9 Å². The number of aryl methyl sites for hydroxylation is 1. The molecule has 1 fully saturated rings. The molecule has 0 saturated carbocycles. The fourth-order valence-corrected chi connectivity index (χ4v) is 5.79. The van der Waals surface area contributed by atoms with E-state index in [1.807, 2.05) is 0 Å². The summed E-state index contributed by atoms with van der Waals surface area (Å²) in [5.41, 5.74) is 3.38. The molecule has 0 spiro atoms. The molecule has 0 bridgehead atoms. The number of rotatable bonds is 5. The highest BCUT2D eigenvalue weighted by molar-refractivity contribution is 8.00. The van der Waals surface area contributed by atoms with Crippen LogP contribution in [0, 0.1) is 6.92 Å². The lowest BCUT2D eigenvalue weighted by Gasteiger charge is -2.25. The zero-order valence-electron chi connectivity index (χ0n) is 19.7. The normalized spacial score (nSPS) is 15.7. The molecular weight excluding hydrogens is 532 g/mol. The number of phenolic OH excluding ortho intramolecular Hbond substituents is 1. The molecule has 1 aromatic heterocycles. The van der Waals surface area contributed by atoms with Crippen LogP contribution in [0.1, 0.15) is 27.1 Å². The summed E-state index contributed by atoms with van der Waals surface area (Å²) in [5, 5.41) is 10.8. The summed E-state index contributed by atoms with van der Waals surface area (Å²) < 4.78 is 33.6. The molecule has 2 heterocycles. The van der Waals surface area contributed by atoms with Crippen molar-refractivity contribution in [2.75, 3.05) is 5.75 Å². The Morgan fingerprint density at radius 3 is 2.47 bits per heavy atom. The van der Waals surface area contributed by atoms with Crippen LogP contribution in [-0.2, 0) is 14.9 Å². The summed E-state index contributed by atoms with van der Waals surface area (Å²) in [6, 6.07) is 16.1. The van der Waals surface area contributed by atoms with E-state index in [4.69, 9.17) is 0 Å². The van der Waals surface area contributed by atoms with E-state index in [-0.39, 0.29) is 33.9 Å². The number of hydrogen-bond donors (Lipinski definition) is 3. The summed E-state index contributed by atoms with van der Waals surface area (Å²) in [4.78, 5) is 42.6. The predicted molar refractivity (Wildman–Crippen MR) is 140 cm³/mol.